The van der Waals surface area contributed by atoms with Crippen LogP contribution in [0.15, 0.2) is 29.3 Å². The van der Waals surface area contributed by atoms with Crippen LogP contribution in [0, 0.1) is 32.1 Å². The Morgan fingerprint density at radius 1 is 1.24 bits per heavy atom. The van der Waals surface area contributed by atoms with Gasteiger partial charge in [0.2, 0.25) is 11.8 Å². The zero-order valence-electron chi connectivity index (χ0n) is 17.5. The van der Waals surface area contributed by atoms with E-state index in [0.29, 0.717) is 22.0 Å². The number of para-hydroxylation sites is 2. The SMILES string of the molecule is Cc1nc(S[C@H](C)C(=O)N2c3ccccc3NC(=O)C2(C)C)c(C#N)c(C)c1C. The molecule has 1 N–H and O–H groups in total. The van der Waals surface area contributed by atoms with Gasteiger partial charge in [0.25, 0.3) is 0 Å². The number of benzene rings is 1. The number of hydrogen-bond acceptors (Lipinski definition) is 5. The molecule has 7 heteroatoms. The summed E-state index contributed by atoms with van der Waals surface area (Å²) in [5.74, 6) is -0.441. The number of fused-ring (bicyclic) bond motifs is 1. The lowest BCUT2D eigenvalue weighted by molar-refractivity contribution is -0.126. The van der Waals surface area contributed by atoms with Crippen LogP contribution in [0.4, 0.5) is 11.4 Å². The number of nitriles is 1. The molecule has 0 saturated heterocycles. The van der Waals surface area contributed by atoms with Crippen LogP contribution in [-0.2, 0) is 9.59 Å². The number of carbonyl (C=O) groups excluding carboxylic acids is 2. The molecule has 0 spiro atoms. The largest absolute Gasteiger partial charge is 0.322 e. The topological polar surface area (TPSA) is 86.1 Å². The van der Waals surface area contributed by atoms with E-state index < -0.39 is 10.8 Å². The van der Waals surface area contributed by atoms with E-state index in [-0.39, 0.29) is 11.8 Å². The Morgan fingerprint density at radius 2 is 1.90 bits per heavy atom. The van der Waals surface area contributed by atoms with Crippen LogP contribution in [0.3, 0.4) is 0 Å². The van der Waals surface area contributed by atoms with Crippen molar-refractivity contribution in [2.45, 2.75) is 57.4 Å². The highest BCUT2D eigenvalue weighted by molar-refractivity contribution is 8.00. The number of rotatable bonds is 3. The summed E-state index contributed by atoms with van der Waals surface area (Å²) in [4.78, 5) is 32.2. The van der Waals surface area contributed by atoms with E-state index >= 15 is 0 Å². The second kappa shape index (κ2) is 7.53. The van der Waals surface area contributed by atoms with Gasteiger partial charge in [0.1, 0.15) is 16.6 Å². The van der Waals surface area contributed by atoms with E-state index in [9.17, 15) is 14.9 Å². The van der Waals surface area contributed by atoms with Gasteiger partial charge in [-0.25, -0.2) is 4.98 Å². The molecule has 3 rings (SSSR count). The second-order valence-electron chi connectivity index (χ2n) is 7.70. The molecule has 2 aromatic rings. The molecular weight excluding hydrogens is 384 g/mol. The van der Waals surface area contributed by atoms with Crippen LogP contribution in [0.1, 0.15) is 43.2 Å². The van der Waals surface area contributed by atoms with Crippen molar-refractivity contribution in [1.29, 1.82) is 5.26 Å². The average molecular weight is 409 g/mol. The van der Waals surface area contributed by atoms with E-state index in [0.717, 1.165) is 16.8 Å². The summed E-state index contributed by atoms with van der Waals surface area (Å²) in [6.45, 7) is 11.0. The van der Waals surface area contributed by atoms with Crippen molar-refractivity contribution in [2.24, 2.45) is 0 Å². The Kier molecular flexibility index (Phi) is 5.42. The molecular formula is C22H24N4O2S. The number of carbonyl (C=O) groups is 2. The molecule has 0 bridgehead atoms. The van der Waals surface area contributed by atoms with Gasteiger partial charge in [-0.3, -0.25) is 14.5 Å². The first-order valence-electron chi connectivity index (χ1n) is 9.38. The first-order valence-corrected chi connectivity index (χ1v) is 10.3. The van der Waals surface area contributed by atoms with Gasteiger partial charge in [0.05, 0.1) is 22.2 Å². The summed E-state index contributed by atoms with van der Waals surface area (Å²) in [5, 5.41) is 12.5. The molecule has 6 nitrogen and oxygen atoms in total. The lowest BCUT2D eigenvalue weighted by atomic mass is 9.96. The number of nitrogens with one attached hydrogen (secondary N) is 1. The number of pyridine rings is 1. The zero-order valence-corrected chi connectivity index (χ0v) is 18.3. The first-order chi connectivity index (χ1) is 13.6. The third kappa shape index (κ3) is 3.49. The molecule has 1 aromatic heterocycles. The quantitative estimate of drug-likeness (QED) is 0.772. The molecule has 1 aliphatic heterocycles. The van der Waals surface area contributed by atoms with E-state index in [4.69, 9.17) is 0 Å². The van der Waals surface area contributed by atoms with E-state index in [1.165, 1.54) is 11.8 Å². The monoisotopic (exact) mass is 408 g/mol. The predicted octanol–water partition coefficient (Wildman–Crippen LogP) is 4.12. The zero-order chi connectivity index (χ0) is 21.5. The fraction of sp³-hybridized carbons (Fsp3) is 0.364. The van der Waals surface area contributed by atoms with Crippen molar-refractivity contribution in [1.82, 2.24) is 4.98 Å². The van der Waals surface area contributed by atoms with Crippen LogP contribution < -0.4 is 10.2 Å². The second-order valence-corrected chi connectivity index (χ2v) is 9.03. The van der Waals surface area contributed by atoms with Crippen LogP contribution in [0.25, 0.3) is 0 Å². The minimum Gasteiger partial charge on any atom is -0.322 e. The number of hydrogen-bond donors (Lipinski definition) is 1. The Morgan fingerprint density at radius 3 is 2.55 bits per heavy atom. The smallest absolute Gasteiger partial charge is 0.250 e. The number of aryl methyl sites for hydroxylation is 1. The first kappa shape index (κ1) is 20.9. The maximum Gasteiger partial charge on any atom is 0.250 e. The minimum absolute atomic E-state index is 0.205. The van der Waals surface area contributed by atoms with Gasteiger partial charge in [-0.15, -0.1) is 0 Å². The van der Waals surface area contributed by atoms with Crippen molar-refractivity contribution in [3.63, 3.8) is 0 Å². The van der Waals surface area contributed by atoms with Gasteiger partial charge in [-0.1, -0.05) is 23.9 Å². The fourth-order valence-corrected chi connectivity index (χ4v) is 4.42. The van der Waals surface area contributed by atoms with Crippen molar-refractivity contribution in [3.05, 3.63) is 46.6 Å². The normalized spacial score (nSPS) is 15.9. The molecule has 0 aliphatic carbocycles. The van der Waals surface area contributed by atoms with Crippen molar-refractivity contribution < 1.29 is 9.59 Å². The standard InChI is InChI=1S/C22H24N4O2S/c1-12-13(2)16(11-23)19(24-14(12)3)29-15(4)20(27)26-18-10-8-7-9-17(18)25-21(28)22(26,5)6/h7-10,15H,1-6H3,(H,25,28)/t15-/m1/s1. The molecule has 1 atom stereocenters. The van der Waals surface area contributed by atoms with Gasteiger partial charge in [-0.05, 0) is 64.8 Å². The molecule has 150 valence electrons. The molecule has 0 unspecified atom stereocenters. The molecule has 0 radical (unpaired) electrons. The highest BCUT2D eigenvalue weighted by Gasteiger charge is 2.44. The highest BCUT2D eigenvalue weighted by Crippen LogP contribution is 2.39. The maximum absolute atomic E-state index is 13.5. The van der Waals surface area contributed by atoms with E-state index in [1.807, 2.05) is 39.0 Å². The number of anilines is 2. The summed E-state index contributed by atoms with van der Waals surface area (Å²) in [6.07, 6.45) is 0. The Hall–Kier alpha value is -2.85. The molecule has 1 aliphatic rings. The number of aromatic nitrogens is 1. The summed E-state index contributed by atoms with van der Waals surface area (Å²) >= 11 is 1.25. The molecule has 0 fully saturated rings. The summed E-state index contributed by atoms with van der Waals surface area (Å²) in [7, 11) is 0. The number of thioether (sulfide) groups is 1. The Bertz CT molecular complexity index is 1060. The number of amides is 2. The van der Waals surface area contributed by atoms with Crippen LogP contribution in [0.2, 0.25) is 0 Å². The molecule has 1 aromatic carbocycles. The van der Waals surface area contributed by atoms with Crippen LogP contribution in [-0.4, -0.2) is 27.6 Å². The van der Waals surface area contributed by atoms with Gasteiger partial charge in [0, 0.05) is 5.69 Å². The Labute approximate surface area is 175 Å². The lowest BCUT2D eigenvalue weighted by Crippen LogP contribution is -2.60. The highest BCUT2D eigenvalue weighted by atomic mass is 32.2. The van der Waals surface area contributed by atoms with E-state index in [2.05, 4.69) is 16.4 Å². The average Bonchev–Trinajstić information content (AvgIpc) is 2.67. The third-order valence-electron chi connectivity index (χ3n) is 5.44. The van der Waals surface area contributed by atoms with Crippen molar-refractivity contribution in [3.8, 4) is 6.07 Å². The fourth-order valence-electron chi connectivity index (χ4n) is 3.37. The third-order valence-corrected chi connectivity index (χ3v) is 6.51. The van der Waals surface area contributed by atoms with Crippen LogP contribution in [0.5, 0.6) is 0 Å². The van der Waals surface area contributed by atoms with Gasteiger partial charge >= 0.3 is 0 Å². The predicted molar refractivity (Wildman–Crippen MR) is 115 cm³/mol. The van der Waals surface area contributed by atoms with Gasteiger partial charge < -0.3 is 5.32 Å². The summed E-state index contributed by atoms with van der Waals surface area (Å²) in [5.41, 5.74) is 3.43. The maximum atomic E-state index is 13.5. The van der Waals surface area contributed by atoms with Crippen molar-refractivity contribution in [2.75, 3.05) is 10.2 Å². The van der Waals surface area contributed by atoms with Crippen LogP contribution >= 0.6 is 11.8 Å². The van der Waals surface area contributed by atoms with Gasteiger partial charge in [0.15, 0.2) is 0 Å². The summed E-state index contributed by atoms with van der Waals surface area (Å²) < 4.78 is 0. The lowest BCUT2D eigenvalue weighted by Gasteiger charge is -2.43. The van der Waals surface area contributed by atoms with Crippen molar-refractivity contribution >= 4 is 35.0 Å². The minimum atomic E-state index is -1.04. The summed E-state index contributed by atoms with van der Waals surface area (Å²) in [6, 6.07) is 9.49. The van der Waals surface area contributed by atoms with E-state index in [1.54, 1.807) is 31.7 Å². The Balaban J connectivity index is 1.99. The molecule has 0 saturated carbocycles. The molecule has 2 heterocycles. The van der Waals surface area contributed by atoms with Gasteiger partial charge in [-0.2, -0.15) is 5.26 Å². The molecule has 2 amide bonds. The number of nitrogens with zero attached hydrogens (tertiary/aromatic N) is 3. The molecule has 29 heavy (non-hydrogen) atoms.